The molecule has 0 saturated carbocycles. The Hall–Kier alpha value is -2.54. The van der Waals surface area contributed by atoms with Crippen LogP contribution in [0.4, 0.5) is 10.2 Å². The van der Waals surface area contributed by atoms with Crippen molar-refractivity contribution in [1.82, 2.24) is 24.6 Å². The highest BCUT2D eigenvalue weighted by Crippen LogP contribution is 2.26. The molecule has 7 heteroatoms. The highest BCUT2D eigenvalue weighted by molar-refractivity contribution is 5.90. The van der Waals surface area contributed by atoms with Gasteiger partial charge in [0.15, 0.2) is 5.65 Å². The fourth-order valence-electron chi connectivity index (χ4n) is 2.92. The normalized spacial score (nSPS) is 11.4. The zero-order chi connectivity index (χ0) is 17.8. The van der Waals surface area contributed by atoms with Crippen LogP contribution in [0.25, 0.3) is 16.7 Å². The molecule has 0 unspecified atom stereocenters. The fraction of sp³-hybridized carbons (Fsp3) is 0.389. The van der Waals surface area contributed by atoms with Crippen molar-refractivity contribution in [2.75, 3.05) is 31.5 Å². The summed E-state index contributed by atoms with van der Waals surface area (Å²) in [5, 5.41) is 8.67. The molecule has 3 aromatic rings. The van der Waals surface area contributed by atoms with E-state index in [2.05, 4.69) is 39.1 Å². The SMILES string of the molecule is CCN(CC)CCNc1ncnc2c1c(C)nn2-c1ccccc1F. The number of fused-ring (bicyclic) bond motifs is 1. The molecule has 0 radical (unpaired) electrons. The van der Waals surface area contributed by atoms with E-state index < -0.39 is 0 Å². The van der Waals surface area contributed by atoms with Crippen LogP contribution in [0.1, 0.15) is 19.5 Å². The van der Waals surface area contributed by atoms with Crippen molar-refractivity contribution in [3.8, 4) is 5.69 Å². The van der Waals surface area contributed by atoms with Gasteiger partial charge in [-0.05, 0) is 32.1 Å². The van der Waals surface area contributed by atoms with Crippen LogP contribution in [-0.4, -0.2) is 50.8 Å². The summed E-state index contributed by atoms with van der Waals surface area (Å²) in [4.78, 5) is 11.0. The van der Waals surface area contributed by atoms with Gasteiger partial charge in [0.05, 0.1) is 11.1 Å². The van der Waals surface area contributed by atoms with E-state index in [-0.39, 0.29) is 5.82 Å². The van der Waals surface area contributed by atoms with Crippen molar-refractivity contribution >= 4 is 16.9 Å². The molecule has 0 amide bonds. The second-order valence-electron chi connectivity index (χ2n) is 5.82. The van der Waals surface area contributed by atoms with E-state index in [0.717, 1.165) is 43.1 Å². The Kier molecular flexibility index (Phi) is 5.23. The first-order valence-electron chi connectivity index (χ1n) is 8.57. The zero-order valence-electron chi connectivity index (χ0n) is 14.8. The predicted molar refractivity (Wildman–Crippen MR) is 97.6 cm³/mol. The van der Waals surface area contributed by atoms with E-state index in [9.17, 15) is 4.39 Å². The number of nitrogens with zero attached hydrogens (tertiary/aromatic N) is 5. The van der Waals surface area contributed by atoms with Crippen molar-refractivity contribution in [1.29, 1.82) is 0 Å². The Morgan fingerprint density at radius 1 is 1.16 bits per heavy atom. The van der Waals surface area contributed by atoms with Gasteiger partial charge in [-0.1, -0.05) is 26.0 Å². The van der Waals surface area contributed by atoms with Crippen molar-refractivity contribution in [3.63, 3.8) is 0 Å². The van der Waals surface area contributed by atoms with E-state index in [1.165, 1.54) is 17.1 Å². The molecule has 6 nitrogen and oxygen atoms in total. The first-order chi connectivity index (χ1) is 12.2. The number of benzene rings is 1. The lowest BCUT2D eigenvalue weighted by Crippen LogP contribution is -2.28. The number of nitrogens with one attached hydrogen (secondary N) is 1. The number of aryl methyl sites for hydroxylation is 1. The van der Waals surface area contributed by atoms with E-state index in [1.54, 1.807) is 18.2 Å². The molecule has 0 aliphatic carbocycles. The van der Waals surface area contributed by atoms with Crippen LogP contribution >= 0.6 is 0 Å². The van der Waals surface area contributed by atoms with Crippen molar-refractivity contribution in [2.24, 2.45) is 0 Å². The highest BCUT2D eigenvalue weighted by Gasteiger charge is 2.16. The number of rotatable bonds is 7. The molecule has 0 spiro atoms. The molecule has 0 bridgehead atoms. The summed E-state index contributed by atoms with van der Waals surface area (Å²) in [6, 6.07) is 6.55. The molecule has 25 heavy (non-hydrogen) atoms. The Morgan fingerprint density at radius 3 is 2.64 bits per heavy atom. The molecular weight excluding hydrogens is 319 g/mol. The molecule has 3 rings (SSSR count). The molecule has 0 fully saturated rings. The summed E-state index contributed by atoms with van der Waals surface area (Å²) in [6.45, 7) is 9.92. The van der Waals surface area contributed by atoms with Gasteiger partial charge >= 0.3 is 0 Å². The number of para-hydroxylation sites is 1. The second kappa shape index (κ2) is 7.57. The van der Waals surface area contributed by atoms with Crippen LogP contribution in [0.15, 0.2) is 30.6 Å². The summed E-state index contributed by atoms with van der Waals surface area (Å²) < 4.78 is 15.7. The summed E-state index contributed by atoms with van der Waals surface area (Å²) in [7, 11) is 0. The lowest BCUT2D eigenvalue weighted by molar-refractivity contribution is 0.316. The van der Waals surface area contributed by atoms with E-state index in [0.29, 0.717) is 11.3 Å². The van der Waals surface area contributed by atoms with Crippen LogP contribution in [-0.2, 0) is 0 Å². The fourth-order valence-corrected chi connectivity index (χ4v) is 2.92. The topological polar surface area (TPSA) is 58.9 Å². The Morgan fingerprint density at radius 2 is 1.92 bits per heavy atom. The molecule has 2 aromatic heterocycles. The maximum atomic E-state index is 14.2. The maximum Gasteiger partial charge on any atom is 0.168 e. The molecule has 0 atom stereocenters. The van der Waals surface area contributed by atoms with Gasteiger partial charge < -0.3 is 10.2 Å². The number of likely N-dealkylation sites (N-methyl/N-ethyl adjacent to an activating group) is 1. The molecule has 1 N–H and O–H groups in total. The van der Waals surface area contributed by atoms with Gasteiger partial charge in [0.25, 0.3) is 0 Å². The van der Waals surface area contributed by atoms with Crippen LogP contribution in [0.5, 0.6) is 0 Å². The lowest BCUT2D eigenvalue weighted by Gasteiger charge is -2.18. The summed E-state index contributed by atoms with van der Waals surface area (Å²) in [5.74, 6) is 0.402. The monoisotopic (exact) mass is 342 g/mol. The average molecular weight is 342 g/mol. The number of anilines is 1. The van der Waals surface area contributed by atoms with Gasteiger partial charge in [-0.25, -0.2) is 19.0 Å². The number of hydrogen-bond donors (Lipinski definition) is 1. The van der Waals surface area contributed by atoms with Crippen LogP contribution in [0.2, 0.25) is 0 Å². The first kappa shape index (κ1) is 17.3. The Bertz CT molecular complexity index is 856. The zero-order valence-corrected chi connectivity index (χ0v) is 14.8. The van der Waals surface area contributed by atoms with E-state index >= 15 is 0 Å². The summed E-state index contributed by atoms with van der Waals surface area (Å²) >= 11 is 0. The van der Waals surface area contributed by atoms with Gasteiger partial charge in [-0.2, -0.15) is 5.10 Å². The third-order valence-corrected chi connectivity index (χ3v) is 4.34. The third kappa shape index (κ3) is 3.46. The minimum atomic E-state index is -0.332. The molecule has 132 valence electrons. The van der Waals surface area contributed by atoms with Gasteiger partial charge in [-0.3, -0.25) is 0 Å². The lowest BCUT2D eigenvalue weighted by atomic mass is 10.3. The van der Waals surface area contributed by atoms with Crippen molar-refractivity contribution in [2.45, 2.75) is 20.8 Å². The second-order valence-corrected chi connectivity index (χ2v) is 5.82. The minimum absolute atomic E-state index is 0.332. The molecule has 0 aliphatic heterocycles. The third-order valence-electron chi connectivity index (χ3n) is 4.34. The molecule has 0 aliphatic rings. The Labute approximate surface area is 146 Å². The molecule has 1 aromatic carbocycles. The van der Waals surface area contributed by atoms with Crippen LogP contribution < -0.4 is 5.32 Å². The summed E-state index contributed by atoms with van der Waals surface area (Å²) in [6.07, 6.45) is 1.49. The predicted octanol–water partition coefficient (Wildman–Crippen LogP) is 3.02. The van der Waals surface area contributed by atoms with Crippen LogP contribution in [0.3, 0.4) is 0 Å². The van der Waals surface area contributed by atoms with Gasteiger partial charge in [-0.15, -0.1) is 0 Å². The molecular formula is C18H23FN6. The first-order valence-corrected chi connectivity index (χ1v) is 8.57. The quantitative estimate of drug-likeness (QED) is 0.715. The standard InChI is InChI=1S/C18H23FN6/c1-4-24(5-2)11-10-20-17-16-13(3)23-25(18(16)22-12-21-17)15-9-7-6-8-14(15)19/h6-9,12H,4-5,10-11H2,1-3H3,(H,20,21,22). The van der Waals surface area contributed by atoms with E-state index in [4.69, 9.17) is 0 Å². The van der Waals surface area contributed by atoms with E-state index in [1.807, 2.05) is 6.92 Å². The minimum Gasteiger partial charge on any atom is -0.368 e. The number of halogens is 1. The largest absolute Gasteiger partial charge is 0.368 e. The van der Waals surface area contributed by atoms with Crippen LogP contribution in [0, 0.1) is 12.7 Å². The molecule has 0 saturated heterocycles. The average Bonchev–Trinajstić information content (AvgIpc) is 2.97. The van der Waals surface area contributed by atoms with Gasteiger partial charge in [0.2, 0.25) is 0 Å². The summed E-state index contributed by atoms with van der Waals surface area (Å²) in [5.41, 5.74) is 1.75. The smallest absolute Gasteiger partial charge is 0.168 e. The van der Waals surface area contributed by atoms with Crippen molar-refractivity contribution in [3.05, 3.63) is 42.1 Å². The van der Waals surface area contributed by atoms with Gasteiger partial charge in [0.1, 0.15) is 23.6 Å². The maximum absolute atomic E-state index is 14.2. The van der Waals surface area contributed by atoms with Gasteiger partial charge in [0, 0.05) is 13.1 Å². The Balaban J connectivity index is 1.93. The molecule has 2 heterocycles. The van der Waals surface area contributed by atoms with Crippen molar-refractivity contribution < 1.29 is 4.39 Å². The number of aromatic nitrogens is 4. The number of hydrogen-bond acceptors (Lipinski definition) is 5. The highest BCUT2D eigenvalue weighted by atomic mass is 19.1.